The first-order chi connectivity index (χ1) is 13.3. The Bertz CT molecular complexity index is 856. The van der Waals surface area contributed by atoms with Gasteiger partial charge in [-0.3, -0.25) is 9.59 Å². The molecule has 0 saturated heterocycles. The van der Waals surface area contributed by atoms with Gasteiger partial charge in [-0.1, -0.05) is 38.1 Å². The number of amides is 2. The van der Waals surface area contributed by atoms with Crippen LogP contribution in [0.3, 0.4) is 0 Å². The number of fused-ring (bicyclic) bond motifs is 1. The van der Waals surface area contributed by atoms with Crippen LogP contribution in [0.25, 0.3) is 0 Å². The lowest BCUT2D eigenvalue weighted by Gasteiger charge is -2.39. The second-order valence-corrected chi connectivity index (χ2v) is 9.11. The van der Waals surface area contributed by atoms with E-state index in [2.05, 4.69) is 30.5 Å². The van der Waals surface area contributed by atoms with Gasteiger partial charge in [0.2, 0.25) is 11.8 Å². The lowest BCUT2D eigenvalue weighted by Crippen LogP contribution is -2.49. The molecule has 0 spiro atoms. The van der Waals surface area contributed by atoms with Crippen molar-refractivity contribution in [2.75, 3.05) is 13.1 Å². The smallest absolute Gasteiger partial charge is 0.243 e. The van der Waals surface area contributed by atoms with E-state index in [0.29, 0.717) is 6.54 Å². The van der Waals surface area contributed by atoms with Crippen LogP contribution in [-0.2, 0) is 16.0 Å². The van der Waals surface area contributed by atoms with E-state index in [9.17, 15) is 9.59 Å². The van der Waals surface area contributed by atoms with E-state index in [-0.39, 0.29) is 36.4 Å². The van der Waals surface area contributed by atoms with Crippen molar-refractivity contribution in [2.45, 2.75) is 53.1 Å². The molecular formula is C23H30N2O2S. The van der Waals surface area contributed by atoms with Crippen LogP contribution in [0.15, 0.2) is 35.7 Å². The number of benzene rings is 1. The van der Waals surface area contributed by atoms with E-state index in [1.165, 1.54) is 21.6 Å². The molecule has 2 aromatic rings. The van der Waals surface area contributed by atoms with Crippen molar-refractivity contribution in [3.8, 4) is 0 Å². The average molecular weight is 399 g/mol. The van der Waals surface area contributed by atoms with Crippen LogP contribution >= 0.6 is 11.3 Å². The zero-order valence-corrected chi connectivity index (χ0v) is 18.3. The lowest BCUT2D eigenvalue weighted by atomic mass is 9.90. The Morgan fingerprint density at radius 3 is 2.50 bits per heavy atom. The molecule has 5 heteroatoms. The summed E-state index contributed by atoms with van der Waals surface area (Å²) in [6.45, 7) is 10.6. The van der Waals surface area contributed by atoms with E-state index in [0.717, 1.165) is 6.42 Å². The zero-order chi connectivity index (χ0) is 20.4. The number of carbonyl (C=O) groups excluding carboxylic acids is 2. The van der Waals surface area contributed by atoms with E-state index in [4.69, 9.17) is 0 Å². The van der Waals surface area contributed by atoms with Gasteiger partial charge in [0.15, 0.2) is 0 Å². The van der Waals surface area contributed by atoms with Gasteiger partial charge in [-0.25, -0.2) is 0 Å². The Kier molecular flexibility index (Phi) is 6.23. The molecule has 0 fully saturated rings. The third kappa shape index (κ3) is 4.00. The van der Waals surface area contributed by atoms with Crippen LogP contribution in [0.1, 0.15) is 55.3 Å². The third-order valence-electron chi connectivity index (χ3n) is 5.48. The van der Waals surface area contributed by atoms with Crippen LogP contribution in [0.4, 0.5) is 0 Å². The van der Waals surface area contributed by atoms with Crippen molar-refractivity contribution in [2.24, 2.45) is 5.92 Å². The normalized spacial score (nSPS) is 16.4. The fraction of sp³-hybridized carbons (Fsp3) is 0.478. The van der Waals surface area contributed by atoms with Gasteiger partial charge >= 0.3 is 0 Å². The Morgan fingerprint density at radius 1 is 1.14 bits per heavy atom. The number of hydrogen-bond donors (Lipinski definition) is 0. The molecule has 1 aromatic heterocycles. The summed E-state index contributed by atoms with van der Waals surface area (Å²) >= 11 is 1.77. The quantitative estimate of drug-likeness (QED) is 0.748. The molecule has 0 aliphatic carbocycles. The molecule has 1 aromatic carbocycles. The largest absolute Gasteiger partial charge is 0.331 e. The molecule has 0 N–H and O–H groups in total. The van der Waals surface area contributed by atoms with Gasteiger partial charge < -0.3 is 9.80 Å². The van der Waals surface area contributed by atoms with Gasteiger partial charge in [-0.15, -0.1) is 11.3 Å². The van der Waals surface area contributed by atoms with Crippen LogP contribution in [0.2, 0.25) is 0 Å². The minimum absolute atomic E-state index is 0.00254. The maximum atomic E-state index is 13.4. The summed E-state index contributed by atoms with van der Waals surface area (Å²) in [5, 5.41) is 2.12. The van der Waals surface area contributed by atoms with Crippen molar-refractivity contribution in [1.82, 2.24) is 9.80 Å². The molecule has 2 amide bonds. The van der Waals surface area contributed by atoms with Gasteiger partial charge in [-0.2, -0.15) is 0 Å². The minimum atomic E-state index is -0.118. The number of carbonyl (C=O) groups is 2. The Balaban J connectivity index is 1.94. The molecule has 0 bridgehead atoms. The Hall–Kier alpha value is -2.14. The van der Waals surface area contributed by atoms with Crippen molar-refractivity contribution in [3.63, 3.8) is 0 Å². The maximum Gasteiger partial charge on any atom is 0.243 e. The molecule has 150 valence electrons. The maximum absolute atomic E-state index is 13.4. The SMILES string of the molecule is Cc1ccccc1[C@H]1c2ccsc2CCN1C(=O)CN(C(=O)C(C)C)C(C)C. The van der Waals surface area contributed by atoms with E-state index in [1.54, 1.807) is 16.2 Å². The minimum Gasteiger partial charge on any atom is -0.331 e. The highest BCUT2D eigenvalue weighted by atomic mass is 32.1. The standard InChI is InChI=1S/C23H30N2O2S/c1-15(2)23(27)25(16(3)4)14-21(26)24-12-10-20-19(11-13-28-20)22(24)18-9-7-6-8-17(18)5/h6-9,11,13,15-16,22H,10,12,14H2,1-5H3/t22-/m0/s1. The van der Waals surface area contributed by atoms with Crippen molar-refractivity contribution >= 4 is 23.2 Å². The molecular weight excluding hydrogens is 368 g/mol. The molecule has 1 aliphatic rings. The van der Waals surface area contributed by atoms with E-state index < -0.39 is 0 Å². The Labute approximate surface area is 172 Å². The number of hydrogen-bond acceptors (Lipinski definition) is 3. The molecule has 2 heterocycles. The lowest BCUT2D eigenvalue weighted by molar-refractivity contribution is -0.145. The van der Waals surface area contributed by atoms with Crippen LogP contribution in [-0.4, -0.2) is 40.7 Å². The number of rotatable bonds is 5. The van der Waals surface area contributed by atoms with Crippen LogP contribution in [0, 0.1) is 12.8 Å². The first-order valence-corrected chi connectivity index (χ1v) is 10.9. The number of thiophene rings is 1. The second-order valence-electron chi connectivity index (χ2n) is 8.11. The van der Waals surface area contributed by atoms with Gasteiger partial charge in [0.25, 0.3) is 0 Å². The summed E-state index contributed by atoms with van der Waals surface area (Å²) in [7, 11) is 0. The zero-order valence-electron chi connectivity index (χ0n) is 17.4. The predicted octanol–water partition coefficient (Wildman–Crippen LogP) is 4.42. The molecule has 4 nitrogen and oxygen atoms in total. The summed E-state index contributed by atoms with van der Waals surface area (Å²) in [6.07, 6.45) is 0.876. The topological polar surface area (TPSA) is 40.6 Å². The summed E-state index contributed by atoms with van der Waals surface area (Å²) in [6, 6.07) is 10.4. The number of nitrogens with zero attached hydrogens (tertiary/aromatic N) is 2. The monoisotopic (exact) mass is 398 g/mol. The summed E-state index contributed by atoms with van der Waals surface area (Å²) in [4.78, 5) is 31.1. The van der Waals surface area contributed by atoms with Gasteiger partial charge in [-0.05, 0) is 55.3 Å². The second kappa shape index (κ2) is 8.48. The fourth-order valence-electron chi connectivity index (χ4n) is 3.90. The van der Waals surface area contributed by atoms with E-state index in [1.807, 2.05) is 44.7 Å². The van der Waals surface area contributed by atoms with Gasteiger partial charge in [0, 0.05) is 23.4 Å². The Morgan fingerprint density at radius 2 is 1.86 bits per heavy atom. The van der Waals surface area contributed by atoms with Gasteiger partial charge in [0.1, 0.15) is 6.54 Å². The molecule has 0 saturated carbocycles. The van der Waals surface area contributed by atoms with Crippen LogP contribution in [0.5, 0.6) is 0 Å². The molecule has 28 heavy (non-hydrogen) atoms. The summed E-state index contributed by atoms with van der Waals surface area (Å²) in [5.41, 5.74) is 3.58. The highest BCUT2D eigenvalue weighted by Gasteiger charge is 2.35. The van der Waals surface area contributed by atoms with E-state index >= 15 is 0 Å². The molecule has 0 radical (unpaired) electrons. The van der Waals surface area contributed by atoms with Crippen molar-refractivity contribution < 1.29 is 9.59 Å². The van der Waals surface area contributed by atoms with Crippen molar-refractivity contribution in [1.29, 1.82) is 0 Å². The molecule has 3 rings (SSSR count). The predicted molar refractivity (Wildman–Crippen MR) is 114 cm³/mol. The van der Waals surface area contributed by atoms with Gasteiger partial charge in [0.05, 0.1) is 6.04 Å². The first-order valence-electron chi connectivity index (χ1n) is 10.0. The summed E-state index contributed by atoms with van der Waals surface area (Å²) in [5.74, 6) is -0.0657. The first kappa shape index (κ1) is 20.6. The molecule has 0 unspecified atom stereocenters. The third-order valence-corrected chi connectivity index (χ3v) is 6.47. The van der Waals surface area contributed by atoms with Crippen LogP contribution < -0.4 is 0 Å². The fourth-order valence-corrected chi connectivity index (χ4v) is 4.80. The highest BCUT2D eigenvalue weighted by molar-refractivity contribution is 7.10. The summed E-state index contributed by atoms with van der Waals surface area (Å²) < 4.78 is 0. The molecule has 1 atom stereocenters. The average Bonchev–Trinajstić information content (AvgIpc) is 3.13. The highest BCUT2D eigenvalue weighted by Crippen LogP contribution is 2.39. The molecule has 1 aliphatic heterocycles. The van der Waals surface area contributed by atoms with Crippen molar-refractivity contribution in [3.05, 3.63) is 57.3 Å². The number of aryl methyl sites for hydroxylation is 1.